The largest absolute Gasteiger partial charge is 0.477 e. The third-order valence-electron chi connectivity index (χ3n) is 3.18. The Morgan fingerprint density at radius 2 is 1.79 bits per heavy atom. The van der Waals surface area contributed by atoms with Crippen LogP contribution in [0.4, 0.5) is 0 Å². The first-order chi connectivity index (χ1) is 8.48. The first-order valence-electron chi connectivity index (χ1n) is 6.89. The van der Waals surface area contributed by atoms with Crippen LogP contribution in [0.2, 0.25) is 0 Å². The molecule has 0 saturated carbocycles. The average Bonchev–Trinajstić information content (AvgIpc) is 2.74. The van der Waals surface area contributed by atoms with Crippen molar-refractivity contribution in [2.24, 2.45) is 15.8 Å². The van der Waals surface area contributed by atoms with Crippen LogP contribution in [0.5, 0.6) is 0 Å². The summed E-state index contributed by atoms with van der Waals surface area (Å²) in [6, 6.07) is 0.225. The fraction of sp³-hybridized carbons (Fsp3) is 0.933. The quantitative estimate of drug-likeness (QED) is 0.543. The lowest BCUT2D eigenvalue weighted by Crippen LogP contribution is -2.42. The summed E-state index contributed by atoms with van der Waals surface area (Å²) in [5.41, 5.74) is -0.124. The molecule has 0 aromatic heterocycles. The van der Waals surface area contributed by atoms with Gasteiger partial charge < -0.3 is 9.47 Å². The lowest BCUT2D eigenvalue weighted by atomic mass is 9.88. The molecule has 0 saturated heterocycles. The van der Waals surface area contributed by atoms with E-state index in [1.807, 2.05) is 0 Å². The Labute approximate surface area is 131 Å². The molecule has 0 aromatic rings. The van der Waals surface area contributed by atoms with Crippen LogP contribution in [0.15, 0.2) is 4.99 Å². The highest BCUT2D eigenvalue weighted by Crippen LogP contribution is 2.31. The Morgan fingerprint density at radius 1 is 1.21 bits per heavy atom. The van der Waals surface area contributed by atoms with Crippen LogP contribution < -0.4 is 0 Å². The van der Waals surface area contributed by atoms with E-state index < -0.39 is 5.60 Å². The van der Waals surface area contributed by atoms with Crippen LogP contribution in [0.1, 0.15) is 48.5 Å². The van der Waals surface area contributed by atoms with Gasteiger partial charge in [-0.2, -0.15) is 0 Å². The second-order valence-corrected chi connectivity index (χ2v) is 8.60. The van der Waals surface area contributed by atoms with Crippen LogP contribution in [0.25, 0.3) is 0 Å². The molecule has 2 atom stereocenters. The summed E-state index contributed by atoms with van der Waals surface area (Å²) in [6.45, 7) is 16.6. The number of alkyl halides is 1. The normalized spacial score (nSPS) is 23.8. The number of aliphatic imine (C=N–C) groups is 1. The molecule has 1 aliphatic heterocycles. The van der Waals surface area contributed by atoms with Crippen molar-refractivity contribution in [3.63, 3.8) is 0 Å². The van der Waals surface area contributed by atoms with Gasteiger partial charge in [-0.3, -0.25) is 0 Å². The van der Waals surface area contributed by atoms with E-state index in [0.717, 1.165) is 10.3 Å². The van der Waals surface area contributed by atoms with Gasteiger partial charge in [0, 0.05) is 4.43 Å². The van der Waals surface area contributed by atoms with Crippen LogP contribution >= 0.6 is 22.6 Å². The highest BCUT2D eigenvalue weighted by molar-refractivity contribution is 14.1. The summed E-state index contributed by atoms with van der Waals surface area (Å²) in [4.78, 5) is 4.77. The highest BCUT2D eigenvalue weighted by atomic mass is 127. The van der Waals surface area contributed by atoms with Gasteiger partial charge in [0.15, 0.2) is 0 Å². The third kappa shape index (κ3) is 4.88. The van der Waals surface area contributed by atoms with Crippen LogP contribution in [0, 0.1) is 10.8 Å². The van der Waals surface area contributed by atoms with E-state index in [4.69, 9.17) is 14.5 Å². The predicted octanol–water partition coefficient (Wildman–Crippen LogP) is 4.09. The number of nitrogens with zero attached hydrogens (tertiary/aromatic N) is 1. The third-order valence-corrected chi connectivity index (χ3v) is 4.64. The minimum atomic E-state index is -0.409. The van der Waals surface area contributed by atoms with Crippen molar-refractivity contribution >= 4 is 28.5 Å². The number of hydrogen-bond acceptors (Lipinski definition) is 3. The summed E-state index contributed by atoms with van der Waals surface area (Å²) in [5, 5.41) is 0. The smallest absolute Gasteiger partial charge is 0.217 e. The van der Waals surface area contributed by atoms with Crippen molar-refractivity contribution in [1.29, 1.82) is 0 Å². The molecule has 0 aromatic carbocycles. The fourth-order valence-corrected chi connectivity index (χ4v) is 2.19. The Bertz CT molecular complexity index is 341. The maximum absolute atomic E-state index is 6.12. The summed E-state index contributed by atoms with van der Waals surface area (Å²) >= 11 is 2.35. The van der Waals surface area contributed by atoms with Crippen LogP contribution in [-0.4, -0.2) is 35.2 Å². The van der Waals surface area contributed by atoms with Gasteiger partial charge in [0.1, 0.15) is 12.2 Å². The van der Waals surface area contributed by atoms with Crippen molar-refractivity contribution < 1.29 is 9.47 Å². The van der Waals surface area contributed by atoms with E-state index in [-0.39, 0.29) is 16.9 Å². The van der Waals surface area contributed by atoms with E-state index in [1.165, 1.54) is 0 Å². The molecule has 0 amide bonds. The van der Waals surface area contributed by atoms with E-state index in [1.54, 1.807) is 0 Å². The number of rotatable bonds is 4. The molecule has 0 aliphatic carbocycles. The van der Waals surface area contributed by atoms with Gasteiger partial charge in [-0.05, 0) is 17.8 Å². The van der Waals surface area contributed by atoms with Crippen LogP contribution in [-0.2, 0) is 9.47 Å². The minimum Gasteiger partial charge on any atom is -0.477 e. The molecule has 19 heavy (non-hydrogen) atoms. The van der Waals surface area contributed by atoms with Gasteiger partial charge in [0.2, 0.25) is 5.90 Å². The standard InChI is InChI=1S/C15H28INO2/c1-13(2,3)10-19-15(7,9-16)12-17-11(8-18-12)14(4,5)6/h11H,8-10H2,1-7H3/t11-,15?/m1/s1. The predicted molar refractivity (Wildman–Crippen MR) is 89.3 cm³/mol. The molecular weight excluding hydrogens is 353 g/mol. The Morgan fingerprint density at radius 3 is 2.16 bits per heavy atom. The van der Waals surface area contributed by atoms with Gasteiger partial charge in [-0.15, -0.1) is 0 Å². The summed E-state index contributed by atoms with van der Waals surface area (Å²) < 4.78 is 12.8. The molecule has 1 rings (SSSR count). The Hall–Kier alpha value is 0.160. The molecule has 0 fully saturated rings. The maximum atomic E-state index is 6.12. The zero-order chi connectivity index (χ0) is 14.9. The van der Waals surface area contributed by atoms with Crippen molar-refractivity contribution in [2.75, 3.05) is 17.6 Å². The molecule has 0 spiro atoms. The monoisotopic (exact) mass is 381 g/mol. The van der Waals surface area contributed by atoms with Gasteiger partial charge >= 0.3 is 0 Å². The Kier molecular flexibility index (Phi) is 5.33. The minimum absolute atomic E-state index is 0.137. The molecule has 0 bridgehead atoms. The number of hydrogen-bond donors (Lipinski definition) is 0. The number of halogens is 1. The number of ether oxygens (including phenoxy) is 2. The molecular formula is C15H28INO2. The lowest BCUT2D eigenvalue weighted by Gasteiger charge is -2.30. The first kappa shape index (κ1) is 17.2. The molecule has 0 N–H and O–H groups in total. The van der Waals surface area contributed by atoms with Crippen LogP contribution in [0.3, 0.4) is 0 Å². The van der Waals surface area contributed by atoms with E-state index in [2.05, 4.69) is 71.1 Å². The van der Waals surface area contributed by atoms with Gasteiger partial charge in [-0.1, -0.05) is 64.1 Å². The van der Waals surface area contributed by atoms with E-state index >= 15 is 0 Å². The lowest BCUT2D eigenvalue weighted by molar-refractivity contribution is -0.0142. The van der Waals surface area contributed by atoms with Crippen molar-refractivity contribution in [2.45, 2.75) is 60.1 Å². The second kappa shape index (κ2) is 5.88. The zero-order valence-corrected chi connectivity index (χ0v) is 15.5. The van der Waals surface area contributed by atoms with Crippen molar-refractivity contribution in [3.05, 3.63) is 0 Å². The molecule has 1 unspecified atom stereocenters. The summed E-state index contributed by atoms with van der Waals surface area (Å²) in [6.07, 6.45) is 0. The van der Waals surface area contributed by atoms with Crippen molar-refractivity contribution in [3.8, 4) is 0 Å². The van der Waals surface area contributed by atoms with Gasteiger partial charge in [0.05, 0.1) is 12.6 Å². The molecule has 3 nitrogen and oxygen atoms in total. The van der Waals surface area contributed by atoms with Gasteiger partial charge in [-0.25, -0.2) is 4.99 Å². The first-order valence-corrected chi connectivity index (χ1v) is 8.41. The Balaban J connectivity index is 2.80. The highest BCUT2D eigenvalue weighted by Gasteiger charge is 2.40. The van der Waals surface area contributed by atoms with E-state index in [0.29, 0.717) is 13.2 Å². The topological polar surface area (TPSA) is 30.8 Å². The SMILES string of the molecule is CC(C)(C)COC(C)(CI)C1=N[C@@H](C(C)(C)C)CO1. The average molecular weight is 381 g/mol. The summed E-state index contributed by atoms with van der Waals surface area (Å²) in [5.74, 6) is 0.770. The van der Waals surface area contributed by atoms with Crippen molar-refractivity contribution in [1.82, 2.24) is 0 Å². The molecule has 112 valence electrons. The molecule has 4 heteroatoms. The molecule has 0 radical (unpaired) electrons. The fourth-order valence-electron chi connectivity index (χ4n) is 1.64. The zero-order valence-electron chi connectivity index (χ0n) is 13.3. The second-order valence-electron chi connectivity index (χ2n) is 7.84. The van der Waals surface area contributed by atoms with Gasteiger partial charge in [0.25, 0.3) is 0 Å². The molecule has 1 heterocycles. The molecule has 1 aliphatic rings. The van der Waals surface area contributed by atoms with E-state index in [9.17, 15) is 0 Å². The summed E-state index contributed by atoms with van der Waals surface area (Å²) in [7, 11) is 0. The maximum Gasteiger partial charge on any atom is 0.217 e.